The molecule has 0 radical (unpaired) electrons. The van der Waals surface area contributed by atoms with Crippen LogP contribution in [0, 0.1) is 11.3 Å². The summed E-state index contributed by atoms with van der Waals surface area (Å²) in [6.07, 6.45) is 0. The van der Waals surface area contributed by atoms with Gasteiger partial charge in [-0.05, 0) is 0 Å². The lowest BCUT2D eigenvalue weighted by molar-refractivity contribution is 0.0129. The SMILES string of the molecule is N#CC1(O)CNCCOC1. The fourth-order valence-corrected chi connectivity index (χ4v) is 0.803. The minimum Gasteiger partial charge on any atom is -0.376 e. The van der Waals surface area contributed by atoms with Crippen LogP contribution in [0.1, 0.15) is 0 Å². The van der Waals surface area contributed by atoms with Gasteiger partial charge >= 0.3 is 0 Å². The lowest BCUT2D eigenvalue weighted by Crippen LogP contribution is -2.40. The quantitative estimate of drug-likeness (QED) is 0.420. The number of nitrogens with zero attached hydrogens (tertiary/aromatic N) is 1. The number of β-amino-alcohol motifs (C(OH)–C–C–N with tert-alkyl or cyclic N) is 1. The summed E-state index contributed by atoms with van der Waals surface area (Å²) in [6, 6.07) is 1.79. The molecule has 0 aromatic heterocycles. The Labute approximate surface area is 59.4 Å². The summed E-state index contributed by atoms with van der Waals surface area (Å²) in [5.74, 6) is 0. The van der Waals surface area contributed by atoms with Gasteiger partial charge in [0.05, 0.1) is 13.2 Å². The third-order valence-corrected chi connectivity index (χ3v) is 1.39. The molecule has 1 atom stereocenters. The molecule has 1 aliphatic heterocycles. The third kappa shape index (κ3) is 1.67. The van der Waals surface area contributed by atoms with E-state index in [4.69, 9.17) is 10.00 Å². The van der Waals surface area contributed by atoms with Crippen LogP contribution in [0.25, 0.3) is 0 Å². The molecule has 0 amide bonds. The fourth-order valence-electron chi connectivity index (χ4n) is 0.803. The van der Waals surface area contributed by atoms with Crippen molar-refractivity contribution >= 4 is 0 Å². The molecule has 56 valence electrons. The summed E-state index contributed by atoms with van der Waals surface area (Å²) in [4.78, 5) is 0. The molecule has 0 saturated carbocycles. The third-order valence-electron chi connectivity index (χ3n) is 1.39. The highest BCUT2D eigenvalue weighted by Crippen LogP contribution is 2.03. The Morgan fingerprint density at radius 2 is 2.50 bits per heavy atom. The molecule has 2 N–H and O–H groups in total. The highest BCUT2D eigenvalue weighted by atomic mass is 16.5. The van der Waals surface area contributed by atoms with Crippen LogP contribution in [0.15, 0.2) is 0 Å². The molecule has 10 heavy (non-hydrogen) atoms. The van der Waals surface area contributed by atoms with Crippen LogP contribution >= 0.6 is 0 Å². The zero-order valence-corrected chi connectivity index (χ0v) is 5.63. The molecule has 1 saturated heterocycles. The minimum absolute atomic E-state index is 0.108. The summed E-state index contributed by atoms with van der Waals surface area (Å²) in [5, 5.41) is 20.7. The van der Waals surface area contributed by atoms with Crippen LogP contribution in [0.4, 0.5) is 0 Å². The second-order valence-electron chi connectivity index (χ2n) is 2.37. The van der Waals surface area contributed by atoms with Crippen molar-refractivity contribution in [3.8, 4) is 6.07 Å². The highest BCUT2D eigenvalue weighted by Gasteiger charge is 2.27. The van der Waals surface area contributed by atoms with Crippen molar-refractivity contribution in [2.75, 3.05) is 26.3 Å². The largest absolute Gasteiger partial charge is 0.376 e. The first-order chi connectivity index (χ1) is 4.77. The molecule has 0 aromatic rings. The Morgan fingerprint density at radius 1 is 1.70 bits per heavy atom. The van der Waals surface area contributed by atoms with Gasteiger partial charge in [0.2, 0.25) is 0 Å². The number of aliphatic hydroxyl groups is 1. The van der Waals surface area contributed by atoms with E-state index < -0.39 is 5.60 Å². The molecule has 1 unspecified atom stereocenters. The number of ether oxygens (including phenoxy) is 1. The van der Waals surface area contributed by atoms with Gasteiger partial charge in [-0.15, -0.1) is 0 Å². The summed E-state index contributed by atoms with van der Waals surface area (Å²) in [6.45, 7) is 1.66. The van der Waals surface area contributed by atoms with Gasteiger partial charge in [-0.1, -0.05) is 0 Å². The molecule has 1 aliphatic rings. The monoisotopic (exact) mass is 142 g/mol. The maximum Gasteiger partial charge on any atom is 0.186 e. The second kappa shape index (κ2) is 2.97. The number of rotatable bonds is 0. The van der Waals surface area contributed by atoms with Crippen LogP contribution in [-0.4, -0.2) is 37.0 Å². The van der Waals surface area contributed by atoms with Gasteiger partial charge in [0.1, 0.15) is 6.07 Å². The maximum absolute atomic E-state index is 9.31. The Hall–Kier alpha value is -0.630. The van der Waals surface area contributed by atoms with E-state index in [2.05, 4.69) is 5.32 Å². The number of nitrogens with one attached hydrogen (secondary N) is 1. The van der Waals surface area contributed by atoms with E-state index in [1.807, 2.05) is 0 Å². The minimum atomic E-state index is -1.32. The summed E-state index contributed by atoms with van der Waals surface area (Å²) >= 11 is 0. The fraction of sp³-hybridized carbons (Fsp3) is 0.833. The van der Waals surface area contributed by atoms with Gasteiger partial charge in [-0.2, -0.15) is 5.26 Å². The van der Waals surface area contributed by atoms with Crippen molar-refractivity contribution in [3.63, 3.8) is 0 Å². The van der Waals surface area contributed by atoms with Crippen LogP contribution in [0.3, 0.4) is 0 Å². The Bertz CT molecular complexity index is 144. The van der Waals surface area contributed by atoms with Gasteiger partial charge in [0.15, 0.2) is 5.60 Å². The standard InChI is InChI=1S/C6H10N2O2/c7-3-6(9)4-8-1-2-10-5-6/h8-9H,1-2,4-5H2. The first-order valence-electron chi connectivity index (χ1n) is 3.19. The highest BCUT2D eigenvalue weighted by molar-refractivity contribution is 5.02. The van der Waals surface area contributed by atoms with Gasteiger partial charge in [-0.3, -0.25) is 0 Å². The second-order valence-corrected chi connectivity index (χ2v) is 2.37. The molecule has 1 heterocycles. The van der Waals surface area contributed by atoms with Crippen molar-refractivity contribution in [1.29, 1.82) is 5.26 Å². The zero-order valence-electron chi connectivity index (χ0n) is 5.63. The van der Waals surface area contributed by atoms with E-state index in [0.29, 0.717) is 19.7 Å². The lowest BCUT2D eigenvalue weighted by Gasteiger charge is -2.15. The Balaban J connectivity index is 2.51. The molecule has 0 aromatic carbocycles. The van der Waals surface area contributed by atoms with E-state index in [-0.39, 0.29) is 6.61 Å². The molecule has 0 bridgehead atoms. The average Bonchev–Trinajstić information content (AvgIpc) is 2.15. The molecular weight excluding hydrogens is 132 g/mol. The van der Waals surface area contributed by atoms with Crippen molar-refractivity contribution in [3.05, 3.63) is 0 Å². The van der Waals surface area contributed by atoms with Gasteiger partial charge in [-0.25, -0.2) is 0 Å². The van der Waals surface area contributed by atoms with E-state index in [1.54, 1.807) is 6.07 Å². The van der Waals surface area contributed by atoms with E-state index >= 15 is 0 Å². The molecule has 0 aliphatic carbocycles. The van der Waals surface area contributed by atoms with Crippen LogP contribution in [0.5, 0.6) is 0 Å². The topological polar surface area (TPSA) is 65.3 Å². The van der Waals surface area contributed by atoms with Crippen LogP contribution in [0.2, 0.25) is 0 Å². The van der Waals surface area contributed by atoms with Gasteiger partial charge < -0.3 is 15.2 Å². The number of hydrogen-bond acceptors (Lipinski definition) is 4. The van der Waals surface area contributed by atoms with Gasteiger partial charge in [0.25, 0.3) is 0 Å². The molecular formula is C6H10N2O2. The van der Waals surface area contributed by atoms with E-state index in [0.717, 1.165) is 0 Å². The molecule has 4 nitrogen and oxygen atoms in total. The number of nitriles is 1. The van der Waals surface area contributed by atoms with Gasteiger partial charge in [0, 0.05) is 13.1 Å². The zero-order chi connectivity index (χ0) is 7.45. The van der Waals surface area contributed by atoms with Crippen molar-refractivity contribution in [1.82, 2.24) is 5.32 Å². The van der Waals surface area contributed by atoms with Crippen LogP contribution in [-0.2, 0) is 4.74 Å². The Kier molecular flexibility index (Phi) is 2.22. The first kappa shape index (κ1) is 7.48. The van der Waals surface area contributed by atoms with Crippen molar-refractivity contribution < 1.29 is 9.84 Å². The molecule has 1 rings (SSSR count). The summed E-state index contributed by atoms with van der Waals surface area (Å²) < 4.78 is 4.97. The van der Waals surface area contributed by atoms with Crippen LogP contribution < -0.4 is 5.32 Å². The first-order valence-corrected chi connectivity index (χ1v) is 3.19. The summed E-state index contributed by atoms with van der Waals surface area (Å²) in [5.41, 5.74) is -1.32. The normalized spacial score (nSPS) is 34.4. The number of hydrogen-bond donors (Lipinski definition) is 2. The lowest BCUT2D eigenvalue weighted by atomic mass is 10.1. The molecule has 0 spiro atoms. The smallest absolute Gasteiger partial charge is 0.186 e. The van der Waals surface area contributed by atoms with E-state index in [1.165, 1.54) is 0 Å². The summed E-state index contributed by atoms with van der Waals surface area (Å²) in [7, 11) is 0. The predicted octanol–water partition coefficient (Wildman–Crippen LogP) is -1.14. The molecule has 1 fully saturated rings. The van der Waals surface area contributed by atoms with Crippen molar-refractivity contribution in [2.45, 2.75) is 5.60 Å². The Morgan fingerprint density at radius 3 is 3.20 bits per heavy atom. The van der Waals surface area contributed by atoms with Crippen molar-refractivity contribution in [2.24, 2.45) is 0 Å². The average molecular weight is 142 g/mol. The maximum atomic E-state index is 9.31. The predicted molar refractivity (Wildman–Crippen MR) is 34.3 cm³/mol. The van der Waals surface area contributed by atoms with E-state index in [9.17, 15) is 5.11 Å². The molecule has 4 heteroatoms.